The molecule has 0 aliphatic heterocycles. The number of hydrogen-bond donors (Lipinski definition) is 2. The summed E-state index contributed by atoms with van der Waals surface area (Å²) < 4.78 is 0.541. The van der Waals surface area contributed by atoms with Crippen LogP contribution < -0.4 is 10.6 Å². The molecule has 4 heteroatoms. The molecule has 0 radical (unpaired) electrons. The van der Waals surface area contributed by atoms with Crippen molar-refractivity contribution in [3.8, 4) is 0 Å². The number of amides is 1. The molecule has 3 nitrogen and oxygen atoms in total. The third-order valence-corrected chi connectivity index (χ3v) is 1.81. The van der Waals surface area contributed by atoms with Crippen molar-refractivity contribution < 1.29 is 4.79 Å². The van der Waals surface area contributed by atoms with Crippen LogP contribution in [0.4, 0.5) is 0 Å². The van der Waals surface area contributed by atoms with E-state index in [1.807, 2.05) is 22.6 Å². The van der Waals surface area contributed by atoms with E-state index < -0.39 is 0 Å². The molecule has 0 atom stereocenters. The van der Waals surface area contributed by atoms with Crippen LogP contribution >= 0.6 is 22.6 Å². The average molecular weight is 270 g/mol. The van der Waals surface area contributed by atoms with Crippen molar-refractivity contribution in [3.63, 3.8) is 0 Å². The van der Waals surface area contributed by atoms with Crippen LogP contribution in [-0.4, -0.2) is 29.5 Å². The highest BCUT2D eigenvalue weighted by Gasteiger charge is 1.95. The van der Waals surface area contributed by atoms with Gasteiger partial charge in [-0.2, -0.15) is 0 Å². The lowest BCUT2D eigenvalue weighted by Gasteiger charge is -2.07. The minimum atomic E-state index is 0.108. The van der Waals surface area contributed by atoms with Gasteiger partial charge in [0.2, 0.25) is 5.91 Å². The topological polar surface area (TPSA) is 41.1 Å². The summed E-state index contributed by atoms with van der Waals surface area (Å²) in [6.07, 6.45) is 0. The van der Waals surface area contributed by atoms with Crippen LogP contribution in [0.15, 0.2) is 0 Å². The van der Waals surface area contributed by atoms with Gasteiger partial charge in [-0.3, -0.25) is 4.79 Å². The largest absolute Gasteiger partial charge is 0.354 e. The van der Waals surface area contributed by atoms with E-state index in [2.05, 4.69) is 24.5 Å². The van der Waals surface area contributed by atoms with Crippen molar-refractivity contribution in [3.05, 3.63) is 0 Å². The first kappa shape index (κ1) is 11.2. The Morgan fingerprint density at radius 3 is 2.55 bits per heavy atom. The molecule has 0 saturated heterocycles. The van der Waals surface area contributed by atoms with Gasteiger partial charge in [0.05, 0.1) is 4.43 Å². The SMILES string of the molecule is CC(C)NCCNC(=O)CI. The molecule has 0 unspecified atom stereocenters. The van der Waals surface area contributed by atoms with Gasteiger partial charge in [-0.05, 0) is 0 Å². The van der Waals surface area contributed by atoms with Gasteiger partial charge in [0.1, 0.15) is 0 Å². The van der Waals surface area contributed by atoms with E-state index in [-0.39, 0.29) is 5.91 Å². The molecule has 0 aliphatic carbocycles. The van der Waals surface area contributed by atoms with Crippen molar-refractivity contribution in [2.45, 2.75) is 19.9 Å². The smallest absolute Gasteiger partial charge is 0.229 e. The van der Waals surface area contributed by atoms with Crippen molar-refractivity contribution in [1.82, 2.24) is 10.6 Å². The standard InChI is InChI=1S/C7H15IN2O/c1-6(2)9-3-4-10-7(11)5-8/h6,9H,3-5H2,1-2H3,(H,10,11). The van der Waals surface area contributed by atoms with Gasteiger partial charge in [0.15, 0.2) is 0 Å². The summed E-state index contributed by atoms with van der Waals surface area (Å²) in [5.74, 6) is 0.108. The van der Waals surface area contributed by atoms with Gasteiger partial charge in [-0.1, -0.05) is 36.4 Å². The monoisotopic (exact) mass is 270 g/mol. The second kappa shape index (κ2) is 6.84. The van der Waals surface area contributed by atoms with Gasteiger partial charge in [-0.15, -0.1) is 0 Å². The van der Waals surface area contributed by atoms with E-state index in [4.69, 9.17) is 0 Å². The maximum atomic E-state index is 10.7. The molecule has 0 aromatic carbocycles. The van der Waals surface area contributed by atoms with Gasteiger partial charge >= 0.3 is 0 Å². The fourth-order valence-electron chi connectivity index (χ4n) is 0.610. The predicted octanol–water partition coefficient (Wildman–Crippen LogP) is 0.536. The third kappa shape index (κ3) is 8.06. The van der Waals surface area contributed by atoms with Crippen molar-refractivity contribution in [2.24, 2.45) is 0 Å². The van der Waals surface area contributed by atoms with Crippen molar-refractivity contribution in [2.75, 3.05) is 17.5 Å². The Hall–Kier alpha value is 0.160. The van der Waals surface area contributed by atoms with Crippen LogP contribution in [0.1, 0.15) is 13.8 Å². The second-order valence-corrected chi connectivity index (χ2v) is 3.36. The Kier molecular flexibility index (Phi) is 6.94. The minimum Gasteiger partial charge on any atom is -0.354 e. The Balaban J connectivity index is 3.08. The number of hydrogen-bond acceptors (Lipinski definition) is 2. The molecular weight excluding hydrogens is 255 g/mol. The molecule has 11 heavy (non-hydrogen) atoms. The zero-order chi connectivity index (χ0) is 8.69. The molecule has 0 saturated carbocycles. The quantitative estimate of drug-likeness (QED) is 0.435. The van der Waals surface area contributed by atoms with Crippen molar-refractivity contribution >= 4 is 28.5 Å². The lowest BCUT2D eigenvalue weighted by Crippen LogP contribution is -2.34. The van der Waals surface area contributed by atoms with Gasteiger partial charge in [0, 0.05) is 19.1 Å². The maximum Gasteiger partial charge on any atom is 0.229 e. The van der Waals surface area contributed by atoms with Gasteiger partial charge < -0.3 is 10.6 Å². The molecule has 66 valence electrons. The Labute approximate surface area is 81.5 Å². The van der Waals surface area contributed by atoms with Crippen LogP contribution in [0.3, 0.4) is 0 Å². The molecule has 0 aromatic heterocycles. The van der Waals surface area contributed by atoms with Crippen LogP contribution in [0.2, 0.25) is 0 Å². The highest BCUT2D eigenvalue weighted by molar-refractivity contribution is 14.1. The number of alkyl halides is 1. The molecule has 0 spiro atoms. The van der Waals surface area contributed by atoms with Crippen LogP contribution in [0, 0.1) is 0 Å². The number of halogens is 1. The summed E-state index contributed by atoms with van der Waals surface area (Å²) in [7, 11) is 0. The number of carbonyl (C=O) groups excluding carboxylic acids is 1. The fraction of sp³-hybridized carbons (Fsp3) is 0.857. The highest BCUT2D eigenvalue weighted by atomic mass is 127. The van der Waals surface area contributed by atoms with Gasteiger partial charge in [0.25, 0.3) is 0 Å². The molecule has 2 N–H and O–H groups in total. The van der Waals surface area contributed by atoms with Gasteiger partial charge in [-0.25, -0.2) is 0 Å². The summed E-state index contributed by atoms with van der Waals surface area (Å²) in [6, 6.07) is 0.492. The molecule has 0 aromatic rings. The van der Waals surface area contributed by atoms with E-state index in [1.165, 1.54) is 0 Å². The van der Waals surface area contributed by atoms with E-state index in [1.54, 1.807) is 0 Å². The van der Waals surface area contributed by atoms with E-state index >= 15 is 0 Å². The fourth-order valence-corrected chi connectivity index (χ4v) is 0.880. The lowest BCUT2D eigenvalue weighted by atomic mass is 10.4. The second-order valence-electron chi connectivity index (χ2n) is 2.59. The van der Waals surface area contributed by atoms with E-state index in [0.29, 0.717) is 10.5 Å². The van der Waals surface area contributed by atoms with Crippen LogP contribution in [0.5, 0.6) is 0 Å². The minimum absolute atomic E-state index is 0.108. The molecule has 1 amide bonds. The Morgan fingerprint density at radius 2 is 2.09 bits per heavy atom. The van der Waals surface area contributed by atoms with E-state index in [9.17, 15) is 4.79 Å². The Bertz CT molecular complexity index is 117. The zero-order valence-electron chi connectivity index (χ0n) is 6.98. The maximum absolute atomic E-state index is 10.7. The summed E-state index contributed by atoms with van der Waals surface area (Å²) in [5.41, 5.74) is 0. The van der Waals surface area contributed by atoms with E-state index in [0.717, 1.165) is 13.1 Å². The zero-order valence-corrected chi connectivity index (χ0v) is 9.14. The van der Waals surface area contributed by atoms with Crippen LogP contribution in [0.25, 0.3) is 0 Å². The summed E-state index contributed by atoms with van der Waals surface area (Å²) in [5, 5.41) is 5.99. The first-order valence-corrected chi connectivity index (χ1v) is 5.25. The number of nitrogens with one attached hydrogen (secondary N) is 2. The molecule has 0 heterocycles. The highest BCUT2D eigenvalue weighted by Crippen LogP contribution is 1.78. The van der Waals surface area contributed by atoms with Crippen LogP contribution in [-0.2, 0) is 4.79 Å². The third-order valence-electron chi connectivity index (χ3n) is 1.12. The lowest BCUT2D eigenvalue weighted by molar-refractivity contribution is -0.118. The first-order chi connectivity index (χ1) is 5.16. The summed E-state index contributed by atoms with van der Waals surface area (Å²) in [6.45, 7) is 5.74. The predicted molar refractivity (Wildman–Crippen MR) is 55.0 cm³/mol. The molecule has 0 rings (SSSR count). The summed E-state index contributed by atoms with van der Waals surface area (Å²) in [4.78, 5) is 10.7. The number of rotatable bonds is 5. The molecule has 0 bridgehead atoms. The average Bonchev–Trinajstić information content (AvgIpc) is 1.97. The number of carbonyl (C=O) groups is 1. The first-order valence-electron chi connectivity index (χ1n) is 3.73. The normalized spacial score (nSPS) is 10.2. The summed E-state index contributed by atoms with van der Waals surface area (Å²) >= 11 is 2.05. The molecular formula is C7H15IN2O. The Morgan fingerprint density at radius 1 is 1.45 bits per heavy atom. The molecule has 0 fully saturated rings. The van der Waals surface area contributed by atoms with Crippen molar-refractivity contribution in [1.29, 1.82) is 0 Å². The molecule has 0 aliphatic rings.